The number of rotatable bonds is 3. The minimum Gasteiger partial charge on any atom is -0.444 e. The van der Waals surface area contributed by atoms with Gasteiger partial charge in [-0.25, -0.2) is 19.6 Å². The van der Waals surface area contributed by atoms with E-state index in [0.29, 0.717) is 5.56 Å². The normalized spacial score (nSPS) is 17.6. The van der Waals surface area contributed by atoms with Gasteiger partial charge in [0.1, 0.15) is 40.5 Å². The Hall–Kier alpha value is -4.65. The molecular formula is C29H32ClN7O6. The molecule has 43 heavy (non-hydrogen) atoms. The van der Waals surface area contributed by atoms with Crippen molar-refractivity contribution in [1.29, 1.82) is 0 Å². The number of carbonyl (C=O) groups is 3. The second-order valence-electron chi connectivity index (χ2n) is 12.2. The zero-order valence-corrected chi connectivity index (χ0v) is 25.3. The minimum absolute atomic E-state index is 0.00147. The number of nitrogens with zero attached hydrogens (tertiary/aromatic N) is 4. The number of ether oxygens (including phenoxy) is 2. The predicted molar refractivity (Wildman–Crippen MR) is 159 cm³/mol. The van der Waals surface area contributed by atoms with Gasteiger partial charge in [0.05, 0.1) is 11.6 Å². The van der Waals surface area contributed by atoms with Crippen LogP contribution in [-0.2, 0) is 21.7 Å². The number of amides is 3. The van der Waals surface area contributed by atoms with Crippen molar-refractivity contribution in [1.82, 2.24) is 24.8 Å². The van der Waals surface area contributed by atoms with Gasteiger partial charge >= 0.3 is 12.2 Å². The van der Waals surface area contributed by atoms with E-state index in [1.54, 1.807) is 53.7 Å². The maximum absolute atomic E-state index is 14.2. The first-order valence-corrected chi connectivity index (χ1v) is 13.9. The number of benzene rings is 1. The largest absolute Gasteiger partial charge is 0.444 e. The lowest BCUT2D eigenvalue weighted by molar-refractivity contribution is 0.0122. The van der Waals surface area contributed by atoms with Crippen LogP contribution < -0.4 is 21.5 Å². The van der Waals surface area contributed by atoms with Crippen LogP contribution in [0.15, 0.2) is 47.5 Å². The molecule has 4 heterocycles. The van der Waals surface area contributed by atoms with Crippen LogP contribution in [0.3, 0.4) is 0 Å². The third-order valence-electron chi connectivity index (χ3n) is 6.53. The maximum atomic E-state index is 14.2. The number of hydrogen-bond acceptors (Lipinski definition) is 9. The number of fused-ring (bicyclic) bond motifs is 4. The third kappa shape index (κ3) is 5.98. The highest BCUT2D eigenvalue weighted by molar-refractivity contribution is 6.34. The van der Waals surface area contributed by atoms with Crippen LogP contribution >= 0.6 is 11.6 Å². The SMILES string of the molecule is CC(C)(C)OC(=O)Nc1cc(Nc2cc(Cl)c3n(c2=O)C2(CN(C(=O)OC(C)(C)C)Cc4ccccc42)NC3=O)ncn1. The van der Waals surface area contributed by atoms with E-state index < -0.39 is 40.5 Å². The number of pyridine rings is 1. The summed E-state index contributed by atoms with van der Waals surface area (Å²) in [5.74, 6) is -0.275. The second-order valence-corrected chi connectivity index (χ2v) is 12.7. The van der Waals surface area contributed by atoms with Gasteiger partial charge in [0, 0.05) is 18.2 Å². The molecule has 5 rings (SSSR count). The van der Waals surface area contributed by atoms with Crippen molar-refractivity contribution >= 4 is 47.0 Å². The number of anilines is 3. The summed E-state index contributed by atoms with van der Waals surface area (Å²) in [6.45, 7) is 10.6. The maximum Gasteiger partial charge on any atom is 0.413 e. The summed E-state index contributed by atoms with van der Waals surface area (Å²) in [5.41, 5.74) is -2.22. The Morgan fingerprint density at radius 3 is 2.37 bits per heavy atom. The summed E-state index contributed by atoms with van der Waals surface area (Å²) in [6.07, 6.45) is -0.108. The quantitative estimate of drug-likeness (QED) is 0.387. The molecular weight excluding hydrogens is 578 g/mol. The Morgan fingerprint density at radius 2 is 1.67 bits per heavy atom. The summed E-state index contributed by atoms with van der Waals surface area (Å²) in [5, 5.41) is 8.39. The van der Waals surface area contributed by atoms with Crippen molar-refractivity contribution < 1.29 is 23.9 Å². The molecule has 13 nitrogen and oxygen atoms in total. The van der Waals surface area contributed by atoms with E-state index in [9.17, 15) is 19.2 Å². The molecule has 1 unspecified atom stereocenters. The first-order chi connectivity index (χ1) is 20.1. The first-order valence-electron chi connectivity index (χ1n) is 13.5. The van der Waals surface area contributed by atoms with Crippen LogP contribution in [-0.4, -0.2) is 55.3 Å². The smallest absolute Gasteiger partial charge is 0.413 e. The highest BCUT2D eigenvalue weighted by atomic mass is 35.5. The minimum atomic E-state index is -1.47. The van der Waals surface area contributed by atoms with Crippen LogP contribution in [0.2, 0.25) is 5.02 Å². The van der Waals surface area contributed by atoms with Crippen molar-refractivity contribution in [2.24, 2.45) is 0 Å². The molecule has 3 N–H and O–H groups in total. The second kappa shape index (κ2) is 10.6. The van der Waals surface area contributed by atoms with Gasteiger partial charge in [-0.15, -0.1) is 0 Å². The van der Waals surface area contributed by atoms with Crippen LogP contribution in [0.5, 0.6) is 0 Å². The Balaban J connectivity index is 1.55. The lowest BCUT2D eigenvalue weighted by Gasteiger charge is -2.42. The molecule has 3 aromatic rings. The molecule has 14 heteroatoms. The Labute approximate surface area is 252 Å². The molecule has 0 saturated carbocycles. The van der Waals surface area contributed by atoms with Crippen molar-refractivity contribution in [3.05, 3.63) is 74.9 Å². The lowest BCUT2D eigenvalue weighted by Crippen LogP contribution is -2.59. The summed E-state index contributed by atoms with van der Waals surface area (Å²) >= 11 is 6.61. The highest BCUT2D eigenvalue weighted by Crippen LogP contribution is 2.39. The molecule has 1 atom stereocenters. The number of nitrogens with one attached hydrogen (secondary N) is 3. The fourth-order valence-corrected chi connectivity index (χ4v) is 5.31. The molecule has 0 radical (unpaired) electrons. The Bertz CT molecular complexity index is 1690. The Morgan fingerprint density at radius 1 is 1.00 bits per heavy atom. The van der Waals surface area contributed by atoms with E-state index in [-0.39, 0.29) is 41.1 Å². The molecule has 2 aliphatic heterocycles. The molecule has 0 bridgehead atoms. The molecule has 2 aromatic heterocycles. The van der Waals surface area contributed by atoms with Crippen molar-refractivity contribution in [3.63, 3.8) is 0 Å². The van der Waals surface area contributed by atoms with Gasteiger partial charge in [-0.1, -0.05) is 35.9 Å². The number of hydrogen-bond donors (Lipinski definition) is 3. The van der Waals surface area contributed by atoms with E-state index in [4.69, 9.17) is 21.1 Å². The highest BCUT2D eigenvalue weighted by Gasteiger charge is 2.51. The third-order valence-corrected chi connectivity index (χ3v) is 6.81. The molecule has 0 fully saturated rings. The van der Waals surface area contributed by atoms with E-state index in [1.165, 1.54) is 27.9 Å². The lowest BCUT2D eigenvalue weighted by atomic mass is 9.89. The summed E-state index contributed by atoms with van der Waals surface area (Å²) in [7, 11) is 0. The van der Waals surface area contributed by atoms with Gasteiger partial charge in [-0.2, -0.15) is 0 Å². The van der Waals surface area contributed by atoms with E-state index >= 15 is 0 Å². The van der Waals surface area contributed by atoms with Gasteiger partial charge in [-0.05, 0) is 53.2 Å². The average molecular weight is 610 g/mol. The average Bonchev–Trinajstić information content (AvgIpc) is 3.17. The number of halogens is 1. The molecule has 2 aliphatic rings. The molecule has 3 amide bonds. The van der Waals surface area contributed by atoms with E-state index in [0.717, 1.165) is 5.56 Å². The van der Waals surface area contributed by atoms with Gasteiger partial charge in [0.15, 0.2) is 5.66 Å². The molecule has 1 spiro atoms. The van der Waals surface area contributed by atoms with Crippen LogP contribution in [0.1, 0.15) is 63.2 Å². The molecule has 0 aliphatic carbocycles. The van der Waals surface area contributed by atoms with E-state index in [2.05, 4.69) is 25.9 Å². The molecule has 0 saturated heterocycles. The van der Waals surface area contributed by atoms with Crippen molar-refractivity contribution in [2.45, 2.75) is 65.0 Å². The van der Waals surface area contributed by atoms with Crippen molar-refractivity contribution in [3.8, 4) is 0 Å². The fraction of sp³-hybridized carbons (Fsp3) is 0.379. The van der Waals surface area contributed by atoms with Gasteiger partial charge in [0.2, 0.25) is 0 Å². The van der Waals surface area contributed by atoms with E-state index in [1.807, 2.05) is 12.1 Å². The Kier molecular flexibility index (Phi) is 7.33. The van der Waals surface area contributed by atoms with Gasteiger partial charge in [0.25, 0.3) is 11.5 Å². The van der Waals surface area contributed by atoms with Crippen molar-refractivity contribution in [2.75, 3.05) is 17.2 Å². The van der Waals surface area contributed by atoms with Crippen LogP contribution in [0.4, 0.5) is 26.9 Å². The zero-order chi connectivity index (χ0) is 31.3. The summed E-state index contributed by atoms with van der Waals surface area (Å²) in [4.78, 5) is 62.6. The zero-order valence-electron chi connectivity index (χ0n) is 24.6. The summed E-state index contributed by atoms with van der Waals surface area (Å²) < 4.78 is 12.2. The van der Waals surface area contributed by atoms with Gasteiger partial charge in [-0.3, -0.25) is 24.4 Å². The monoisotopic (exact) mass is 609 g/mol. The number of carbonyl (C=O) groups excluding carboxylic acids is 3. The molecule has 226 valence electrons. The number of aromatic nitrogens is 3. The molecule has 1 aromatic carbocycles. The predicted octanol–water partition coefficient (Wildman–Crippen LogP) is 4.58. The van der Waals surface area contributed by atoms with Gasteiger partial charge < -0.3 is 20.1 Å². The summed E-state index contributed by atoms with van der Waals surface area (Å²) in [6, 6.07) is 9.98. The fourth-order valence-electron chi connectivity index (χ4n) is 5.03. The topological polar surface area (TPSA) is 157 Å². The van der Waals surface area contributed by atoms with Crippen LogP contribution in [0, 0.1) is 0 Å². The standard InChI is InChI=1S/C29H32ClN7O6/c1-27(2,3)42-25(40)34-21-12-20(31-15-32-21)33-19-11-18(30)22-23(38)35-29(37(22)24(19)39)14-36(26(41)43-28(4,5)6)13-16-9-7-8-10-17(16)29/h7-12,15H,13-14H2,1-6H3,(H,35,38)(H2,31,32,33,34,40). The first kappa shape index (κ1) is 29.8. The van der Waals surface area contributed by atoms with Crippen LogP contribution in [0.25, 0.3) is 0 Å².